The molecule has 0 aliphatic heterocycles. The summed E-state index contributed by atoms with van der Waals surface area (Å²) < 4.78 is 11.1. The lowest BCUT2D eigenvalue weighted by Gasteiger charge is -2.07. The monoisotopic (exact) mass is 264 g/mol. The first-order valence-electron chi connectivity index (χ1n) is 5.32. The molecule has 0 aliphatic carbocycles. The van der Waals surface area contributed by atoms with Crippen molar-refractivity contribution in [2.45, 2.75) is 6.92 Å². The fourth-order valence-electron chi connectivity index (χ4n) is 1.50. The summed E-state index contributed by atoms with van der Waals surface area (Å²) in [5, 5.41) is 13.2. The lowest BCUT2D eigenvalue weighted by Crippen LogP contribution is -2.12. The first kappa shape index (κ1) is 12.8. The predicted molar refractivity (Wildman–Crippen MR) is 64.0 cm³/mol. The average Bonchev–Trinajstić information content (AvgIpc) is 2.80. The Morgan fingerprint density at radius 2 is 1.79 bits per heavy atom. The van der Waals surface area contributed by atoms with Crippen molar-refractivity contribution in [1.29, 1.82) is 0 Å². The zero-order valence-corrected chi connectivity index (χ0v) is 10.6. The lowest BCUT2D eigenvalue weighted by molar-refractivity contribution is 0.0686. The Kier molecular flexibility index (Phi) is 3.32. The Bertz CT molecular complexity index is 601. The van der Waals surface area contributed by atoms with Gasteiger partial charge in [0.1, 0.15) is 0 Å². The summed E-state index contributed by atoms with van der Waals surface area (Å²) in [4.78, 5) is 19.2. The zero-order chi connectivity index (χ0) is 14.0. The van der Waals surface area contributed by atoms with E-state index in [0.717, 1.165) is 4.68 Å². The van der Waals surface area contributed by atoms with Crippen LogP contribution < -0.4 is 9.47 Å². The lowest BCUT2D eigenvalue weighted by atomic mass is 10.4. The van der Waals surface area contributed by atoms with Crippen LogP contribution in [0.4, 0.5) is 0 Å². The van der Waals surface area contributed by atoms with Crippen molar-refractivity contribution in [3.05, 3.63) is 23.5 Å². The SMILES string of the molecule is COc1cc(OC)nc(-n2nc(C)cc2C(=O)O)n1. The van der Waals surface area contributed by atoms with E-state index in [0.29, 0.717) is 5.69 Å². The Morgan fingerprint density at radius 3 is 2.26 bits per heavy atom. The number of ether oxygens (including phenoxy) is 2. The number of aromatic nitrogens is 4. The largest absolute Gasteiger partial charge is 0.481 e. The summed E-state index contributed by atoms with van der Waals surface area (Å²) in [6.07, 6.45) is 0. The molecule has 19 heavy (non-hydrogen) atoms. The first-order valence-corrected chi connectivity index (χ1v) is 5.32. The van der Waals surface area contributed by atoms with Gasteiger partial charge in [-0.3, -0.25) is 0 Å². The topological polar surface area (TPSA) is 99.4 Å². The smallest absolute Gasteiger partial charge is 0.354 e. The molecule has 2 aromatic heterocycles. The number of aromatic carboxylic acids is 1. The maximum Gasteiger partial charge on any atom is 0.354 e. The Hall–Kier alpha value is -2.64. The number of methoxy groups -OCH3 is 2. The molecule has 0 amide bonds. The summed E-state index contributed by atoms with van der Waals surface area (Å²) in [6.45, 7) is 1.68. The van der Waals surface area contributed by atoms with Gasteiger partial charge in [0.05, 0.1) is 26.0 Å². The van der Waals surface area contributed by atoms with Gasteiger partial charge >= 0.3 is 5.97 Å². The second-order valence-corrected chi connectivity index (χ2v) is 3.64. The third-order valence-electron chi connectivity index (χ3n) is 2.33. The van der Waals surface area contributed by atoms with Gasteiger partial charge in [-0.25, -0.2) is 4.79 Å². The van der Waals surface area contributed by atoms with Crippen LogP contribution in [-0.4, -0.2) is 45.0 Å². The molecule has 8 heteroatoms. The number of hydrogen-bond acceptors (Lipinski definition) is 6. The van der Waals surface area contributed by atoms with Gasteiger partial charge in [-0.15, -0.1) is 0 Å². The molecule has 0 saturated heterocycles. The molecule has 0 atom stereocenters. The van der Waals surface area contributed by atoms with Crippen LogP contribution in [0.25, 0.3) is 5.95 Å². The van der Waals surface area contributed by atoms with Gasteiger partial charge in [0.2, 0.25) is 11.8 Å². The third-order valence-corrected chi connectivity index (χ3v) is 2.33. The van der Waals surface area contributed by atoms with Crippen molar-refractivity contribution in [3.63, 3.8) is 0 Å². The molecule has 0 bridgehead atoms. The second-order valence-electron chi connectivity index (χ2n) is 3.64. The molecular weight excluding hydrogens is 252 g/mol. The van der Waals surface area contributed by atoms with E-state index in [1.165, 1.54) is 26.4 Å². The van der Waals surface area contributed by atoms with Gasteiger partial charge in [-0.1, -0.05) is 0 Å². The highest BCUT2D eigenvalue weighted by molar-refractivity contribution is 5.86. The minimum Gasteiger partial charge on any atom is -0.481 e. The van der Waals surface area contributed by atoms with Crippen LogP contribution in [0.3, 0.4) is 0 Å². The van der Waals surface area contributed by atoms with E-state index >= 15 is 0 Å². The van der Waals surface area contributed by atoms with Gasteiger partial charge < -0.3 is 14.6 Å². The highest BCUT2D eigenvalue weighted by Crippen LogP contribution is 2.18. The molecule has 2 rings (SSSR count). The van der Waals surface area contributed by atoms with Crippen LogP contribution in [0, 0.1) is 6.92 Å². The molecule has 100 valence electrons. The molecule has 0 unspecified atom stereocenters. The Labute approximate surface area is 108 Å². The first-order chi connectivity index (χ1) is 9.05. The molecule has 0 spiro atoms. The highest BCUT2D eigenvalue weighted by Gasteiger charge is 2.17. The third kappa shape index (κ3) is 2.46. The minimum atomic E-state index is -1.12. The molecule has 1 N–H and O–H groups in total. The van der Waals surface area contributed by atoms with Gasteiger partial charge in [0, 0.05) is 0 Å². The summed E-state index contributed by atoms with van der Waals surface area (Å²) in [7, 11) is 2.88. The standard InChI is InChI=1S/C11H12N4O4/c1-6-4-7(10(16)17)15(14-6)11-12-8(18-2)5-9(13-11)19-3/h4-5H,1-3H3,(H,16,17). The van der Waals surface area contributed by atoms with E-state index < -0.39 is 5.97 Å². The number of nitrogens with zero attached hydrogens (tertiary/aromatic N) is 4. The number of carboxylic acids is 1. The van der Waals surface area contributed by atoms with Crippen molar-refractivity contribution in [1.82, 2.24) is 19.7 Å². The second kappa shape index (κ2) is 4.92. The maximum atomic E-state index is 11.1. The van der Waals surface area contributed by atoms with Crippen LogP contribution in [-0.2, 0) is 0 Å². The van der Waals surface area contributed by atoms with Crippen molar-refractivity contribution in [2.75, 3.05) is 14.2 Å². The van der Waals surface area contributed by atoms with E-state index in [2.05, 4.69) is 15.1 Å². The van der Waals surface area contributed by atoms with Crippen LogP contribution in [0.5, 0.6) is 11.8 Å². The van der Waals surface area contributed by atoms with Gasteiger partial charge in [-0.2, -0.15) is 19.7 Å². The van der Waals surface area contributed by atoms with Gasteiger partial charge in [0.25, 0.3) is 5.95 Å². The number of rotatable bonds is 4. The van der Waals surface area contributed by atoms with Gasteiger partial charge in [-0.05, 0) is 13.0 Å². The fourth-order valence-corrected chi connectivity index (χ4v) is 1.50. The van der Waals surface area contributed by atoms with Gasteiger partial charge in [0.15, 0.2) is 5.69 Å². The highest BCUT2D eigenvalue weighted by atomic mass is 16.5. The predicted octanol–water partition coefficient (Wildman–Crippen LogP) is 0.686. The molecule has 0 saturated carbocycles. The molecule has 2 heterocycles. The van der Waals surface area contributed by atoms with Crippen molar-refractivity contribution in [2.24, 2.45) is 0 Å². The summed E-state index contributed by atoms with van der Waals surface area (Å²) in [5.41, 5.74) is 0.510. The van der Waals surface area contributed by atoms with E-state index in [1.54, 1.807) is 6.92 Å². The molecule has 8 nitrogen and oxygen atoms in total. The van der Waals surface area contributed by atoms with E-state index in [9.17, 15) is 4.79 Å². The average molecular weight is 264 g/mol. The van der Waals surface area contributed by atoms with Crippen LogP contribution in [0.15, 0.2) is 12.1 Å². The van der Waals surface area contributed by atoms with E-state index in [-0.39, 0.29) is 23.4 Å². The van der Waals surface area contributed by atoms with Crippen molar-refractivity contribution >= 4 is 5.97 Å². The molecule has 2 aromatic rings. The molecule has 0 radical (unpaired) electrons. The summed E-state index contributed by atoms with van der Waals surface area (Å²) in [5.74, 6) is -0.537. The fraction of sp³-hybridized carbons (Fsp3) is 0.273. The number of aryl methyl sites for hydroxylation is 1. The maximum absolute atomic E-state index is 11.1. The number of carbonyl (C=O) groups is 1. The van der Waals surface area contributed by atoms with Crippen molar-refractivity contribution < 1.29 is 19.4 Å². The number of hydrogen-bond donors (Lipinski definition) is 1. The summed E-state index contributed by atoms with van der Waals surface area (Å²) in [6, 6.07) is 2.91. The van der Waals surface area contributed by atoms with E-state index in [1.807, 2.05) is 0 Å². The van der Waals surface area contributed by atoms with Crippen LogP contribution in [0.1, 0.15) is 16.2 Å². The molecule has 0 aliphatic rings. The Balaban J connectivity index is 2.60. The molecule has 0 aromatic carbocycles. The quantitative estimate of drug-likeness (QED) is 0.866. The molecule has 0 fully saturated rings. The zero-order valence-electron chi connectivity index (χ0n) is 10.6. The van der Waals surface area contributed by atoms with Crippen LogP contribution in [0.2, 0.25) is 0 Å². The minimum absolute atomic E-state index is 0.0344. The molecular formula is C11H12N4O4. The normalized spacial score (nSPS) is 10.3. The summed E-state index contributed by atoms with van der Waals surface area (Å²) >= 11 is 0. The van der Waals surface area contributed by atoms with Crippen LogP contribution >= 0.6 is 0 Å². The number of carboxylic acid groups (broad SMARTS) is 1. The van der Waals surface area contributed by atoms with E-state index in [4.69, 9.17) is 14.6 Å². The Morgan fingerprint density at radius 1 is 1.21 bits per heavy atom. The van der Waals surface area contributed by atoms with Crippen molar-refractivity contribution in [3.8, 4) is 17.7 Å².